The number of carbonyl (C=O) groups excluding carboxylic acids is 1. The van der Waals surface area contributed by atoms with Crippen molar-refractivity contribution in [3.8, 4) is 5.75 Å². The van der Waals surface area contributed by atoms with Gasteiger partial charge in [-0.25, -0.2) is 17.9 Å². The van der Waals surface area contributed by atoms with Crippen molar-refractivity contribution in [3.05, 3.63) is 24.0 Å². The van der Waals surface area contributed by atoms with Gasteiger partial charge in [-0.15, -0.1) is 0 Å². The van der Waals surface area contributed by atoms with Gasteiger partial charge in [-0.1, -0.05) is 0 Å². The van der Waals surface area contributed by atoms with Crippen LogP contribution < -0.4 is 14.8 Å². The van der Waals surface area contributed by atoms with Crippen molar-refractivity contribution in [1.29, 1.82) is 0 Å². The number of nitrogens with zero attached hydrogens (tertiary/aromatic N) is 1. The Labute approximate surface area is 116 Å². The third kappa shape index (κ3) is 2.91. The summed E-state index contributed by atoms with van der Waals surface area (Å²) in [4.78, 5) is 13.2. The van der Waals surface area contributed by atoms with Gasteiger partial charge in [0.2, 0.25) is 15.9 Å². The van der Waals surface area contributed by atoms with Crippen LogP contribution in [0.3, 0.4) is 0 Å². The highest BCUT2D eigenvalue weighted by atomic mass is 32.2. The van der Waals surface area contributed by atoms with Crippen molar-refractivity contribution in [2.24, 2.45) is 5.14 Å². The number of primary sulfonamides is 1. The molecule has 0 saturated carbocycles. The van der Waals surface area contributed by atoms with E-state index in [1.54, 1.807) is 6.92 Å². The molecule has 0 spiro atoms. The Morgan fingerprint density at radius 3 is 2.75 bits per heavy atom. The van der Waals surface area contributed by atoms with E-state index >= 15 is 0 Å². The van der Waals surface area contributed by atoms with E-state index in [0.717, 1.165) is 6.07 Å². The second kappa shape index (κ2) is 5.37. The summed E-state index contributed by atoms with van der Waals surface area (Å²) in [6.07, 6.45) is -0.179. The van der Waals surface area contributed by atoms with Crippen molar-refractivity contribution >= 4 is 21.6 Å². The minimum atomic E-state index is -3.79. The van der Waals surface area contributed by atoms with Gasteiger partial charge in [-0.2, -0.15) is 0 Å². The number of hydrogen-bond donors (Lipinski definition) is 1. The number of anilines is 1. The van der Waals surface area contributed by atoms with Gasteiger partial charge in [0.25, 0.3) is 0 Å². The Bertz CT molecular complexity index is 632. The Morgan fingerprint density at radius 2 is 2.20 bits per heavy atom. The molecule has 1 aromatic rings. The standard InChI is InChI=1S/C12H15FN2O4S/c1-2-19-11-5-8(13)3-4-10(11)15-7-9(6-12(15)16)20(14,17)18/h3-5,9H,2,6-7H2,1H3,(H2,14,17,18). The largest absolute Gasteiger partial charge is 0.492 e. The van der Waals surface area contributed by atoms with E-state index in [1.165, 1.54) is 17.0 Å². The van der Waals surface area contributed by atoms with Crippen LogP contribution in [0.1, 0.15) is 13.3 Å². The van der Waals surface area contributed by atoms with Gasteiger partial charge in [0, 0.05) is 19.0 Å². The average Bonchev–Trinajstić information content (AvgIpc) is 2.72. The molecule has 1 unspecified atom stereocenters. The molecule has 6 nitrogen and oxygen atoms in total. The number of benzene rings is 1. The lowest BCUT2D eigenvalue weighted by Crippen LogP contribution is -2.32. The molecule has 1 fully saturated rings. The molecule has 1 atom stereocenters. The van der Waals surface area contributed by atoms with Crippen LogP contribution in [0, 0.1) is 5.82 Å². The Kier molecular flexibility index (Phi) is 3.96. The van der Waals surface area contributed by atoms with Crippen molar-refractivity contribution in [1.82, 2.24) is 0 Å². The normalized spacial score (nSPS) is 19.4. The molecule has 0 radical (unpaired) electrons. The number of sulfonamides is 1. The highest BCUT2D eigenvalue weighted by Crippen LogP contribution is 2.33. The molecule has 2 rings (SSSR count). The molecule has 1 aliphatic rings. The molecule has 2 N–H and O–H groups in total. The summed E-state index contributed by atoms with van der Waals surface area (Å²) >= 11 is 0. The lowest BCUT2D eigenvalue weighted by atomic mass is 10.2. The fraction of sp³-hybridized carbons (Fsp3) is 0.417. The first-order valence-electron chi connectivity index (χ1n) is 6.07. The molecule has 8 heteroatoms. The molecular weight excluding hydrogens is 287 g/mol. The van der Waals surface area contributed by atoms with Gasteiger partial charge < -0.3 is 9.64 Å². The van der Waals surface area contributed by atoms with E-state index in [2.05, 4.69) is 0 Å². The van der Waals surface area contributed by atoms with Gasteiger partial charge in [0.05, 0.1) is 12.3 Å². The Hall–Kier alpha value is -1.67. The molecule has 1 aromatic carbocycles. The molecule has 20 heavy (non-hydrogen) atoms. The third-order valence-corrected chi connectivity index (χ3v) is 4.31. The third-order valence-electron chi connectivity index (χ3n) is 3.07. The van der Waals surface area contributed by atoms with E-state index in [-0.39, 0.29) is 24.6 Å². The molecule has 1 aliphatic heterocycles. The Balaban J connectivity index is 2.35. The number of ether oxygens (including phenoxy) is 1. The second-order valence-electron chi connectivity index (χ2n) is 4.46. The topological polar surface area (TPSA) is 89.7 Å². The lowest BCUT2D eigenvalue weighted by molar-refractivity contribution is -0.117. The smallest absolute Gasteiger partial charge is 0.228 e. The summed E-state index contributed by atoms with van der Waals surface area (Å²) < 4.78 is 41.2. The SMILES string of the molecule is CCOc1cc(F)ccc1N1CC(S(N)(=O)=O)CC1=O. The van der Waals surface area contributed by atoms with Crippen molar-refractivity contribution in [2.75, 3.05) is 18.1 Å². The summed E-state index contributed by atoms with van der Waals surface area (Å²) in [7, 11) is -3.79. The van der Waals surface area contributed by atoms with Crippen LogP contribution in [0.4, 0.5) is 10.1 Å². The molecule has 1 heterocycles. The zero-order valence-electron chi connectivity index (χ0n) is 10.9. The van der Waals surface area contributed by atoms with Crippen LogP contribution >= 0.6 is 0 Å². The highest BCUT2D eigenvalue weighted by molar-refractivity contribution is 7.89. The predicted molar refractivity (Wildman–Crippen MR) is 71.4 cm³/mol. The minimum absolute atomic E-state index is 0.0522. The number of halogens is 1. The van der Waals surface area contributed by atoms with E-state index in [9.17, 15) is 17.6 Å². The van der Waals surface area contributed by atoms with Crippen molar-refractivity contribution < 1.29 is 22.3 Å². The first-order chi connectivity index (χ1) is 9.32. The number of rotatable bonds is 4. The van der Waals surface area contributed by atoms with Crippen LogP contribution in [0.2, 0.25) is 0 Å². The van der Waals surface area contributed by atoms with Crippen molar-refractivity contribution in [3.63, 3.8) is 0 Å². The number of carbonyl (C=O) groups is 1. The number of nitrogens with two attached hydrogens (primary N) is 1. The van der Waals surface area contributed by atoms with Gasteiger partial charge in [0.15, 0.2) is 0 Å². The first-order valence-corrected chi connectivity index (χ1v) is 7.68. The maximum Gasteiger partial charge on any atom is 0.228 e. The minimum Gasteiger partial charge on any atom is -0.492 e. The van der Waals surface area contributed by atoms with Gasteiger partial charge in [0.1, 0.15) is 16.8 Å². The van der Waals surface area contributed by atoms with Crippen LogP contribution in [-0.2, 0) is 14.8 Å². The monoisotopic (exact) mass is 302 g/mol. The van der Waals surface area contributed by atoms with E-state index in [1.807, 2.05) is 0 Å². The molecule has 0 aromatic heterocycles. The average molecular weight is 302 g/mol. The fourth-order valence-electron chi connectivity index (χ4n) is 2.11. The second-order valence-corrected chi connectivity index (χ2v) is 6.31. The van der Waals surface area contributed by atoms with Gasteiger partial charge in [-0.3, -0.25) is 4.79 Å². The molecule has 1 amide bonds. The maximum absolute atomic E-state index is 13.2. The van der Waals surface area contributed by atoms with Gasteiger partial charge >= 0.3 is 0 Å². The van der Waals surface area contributed by atoms with Crippen molar-refractivity contribution in [2.45, 2.75) is 18.6 Å². The summed E-state index contributed by atoms with van der Waals surface area (Å²) in [5.41, 5.74) is 0.351. The van der Waals surface area contributed by atoms with E-state index in [0.29, 0.717) is 12.3 Å². The molecule has 1 saturated heterocycles. The first kappa shape index (κ1) is 14.7. The number of hydrogen-bond acceptors (Lipinski definition) is 4. The summed E-state index contributed by atoms with van der Waals surface area (Å²) in [5, 5.41) is 4.12. The quantitative estimate of drug-likeness (QED) is 0.882. The predicted octanol–water partition coefficient (Wildman–Crippen LogP) is 0.618. The maximum atomic E-state index is 13.2. The summed E-state index contributed by atoms with van der Waals surface area (Å²) in [5.74, 6) is -0.667. The zero-order valence-corrected chi connectivity index (χ0v) is 11.7. The summed E-state index contributed by atoms with van der Waals surface area (Å²) in [6.45, 7) is 1.98. The zero-order chi connectivity index (χ0) is 14.9. The van der Waals surface area contributed by atoms with Crippen LogP contribution in [0.5, 0.6) is 5.75 Å². The van der Waals surface area contributed by atoms with Gasteiger partial charge in [-0.05, 0) is 19.1 Å². The fourth-order valence-corrected chi connectivity index (χ4v) is 2.84. The van der Waals surface area contributed by atoms with Crippen LogP contribution in [-0.4, -0.2) is 32.7 Å². The molecule has 0 aliphatic carbocycles. The molecule has 110 valence electrons. The van der Waals surface area contributed by atoms with E-state index in [4.69, 9.17) is 9.88 Å². The summed E-state index contributed by atoms with van der Waals surface area (Å²) in [6, 6.07) is 3.75. The Morgan fingerprint density at radius 1 is 1.50 bits per heavy atom. The highest BCUT2D eigenvalue weighted by Gasteiger charge is 2.38. The van der Waals surface area contributed by atoms with Crippen LogP contribution in [0.15, 0.2) is 18.2 Å². The van der Waals surface area contributed by atoms with Crippen LogP contribution in [0.25, 0.3) is 0 Å². The van der Waals surface area contributed by atoms with E-state index < -0.39 is 21.1 Å². The number of amides is 1. The molecular formula is C12H15FN2O4S. The molecule has 0 bridgehead atoms. The lowest BCUT2D eigenvalue weighted by Gasteiger charge is -2.20.